The average Bonchev–Trinajstić information content (AvgIpc) is 3.10. The van der Waals surface area contributed by atoms with Crippen LogP contribution in [0.4, 0.5) is 5.69 Å². The Morgan fingerprint density at radius 1 is 1.07 bits per heavy atom. The first-order valence-electron chi connectivity index (χ1n) is 8.80. The monoisotopic (exact) mass is 380 g/mol. The van der Waals surface area contributed by atoms with Crippen molar-refractivity contribution in [2.45, 2.75) is 13.8 Å². The minimum Gasteiger partial charge on any atom is -0.492 e. The van der Waals surface area contributed by atoms with Gasteiger partial charge in [0.25, 0.3) is 5.91 Å². The zero-order chi connectivity index (χ0) is 19.9. The molecule has 0 aliphatic rings. The number of aromatic nitrogens is 1. The van der Waals surface area contributed by atoms with Crippen LogP contribution in [0.3, 0.4) is 0 Å². The minimum atomic E-state index is -0.675. The lowest BCUT2D eigenvalue weighted by atomic mass is 10.1. The molecule has 1 N–H and O–H groups in total. The summed E-state index contributed by atoms with van der Waals surface area (Å²) in [6.07, 6.45) is 0. The van der Waals surface area contributed by atoms with Gasteiger partial charge in [-0.3, -0.25) is 4.79 Å². The van der Waals surface area contributed by atoms with Gasteiger partial charge >= 0.3 is 5.97 Å². The van der Waals surface area contributed by atoms with Crippen LogP contribution in [0.15, 0.2) is 59.1 Å². The lowest BCUT2D eigenvalue weighted by Crippen LogP contribution is -2.21. The van der Waals surface area contributed by atoms with Gasteiger partial charge in [0.15, 0.2) is 6.61 Å². The van der Waals surface area contributed by atoms with Crippen molar-refractivity contribution in [2.75, 3.05) is 18.5 Å². The van der Waals surface area contributed by atoms with Crippen molar-refractivity contribution in [2.24, 2.45) is 0 Å². The van der Waals surface area contributed by atoms with Gasteiger partial charge in [0.1, 0.15) is 22.8 Å². The molecule has 0 atom stereocenters. The number of esters is 1. The predicted octanol–water partition coefficient (Wildman–Crippen LogP) is 3.84. The van der Waals surface area contributed by atoms with Gasteiger partial charge in [-0.15, -0.1) is 0 Å². The van der Waals surface area contributed by atoms with Crippen molar-refractivity contribution in [1.82, 2.24) is 5.16 Å². The highest BCUT2D eigenvalue weighted by molar-refractivity contribution is 5.99. The summed E-state index contributed by atoms with van der Waals surface area (Å²) in [5.74, 6) is -0.279. The Hall–Kier alpha value is -3.61. The second-order valence-corrected chi connectivity index (χ2v) is 5.88. The lowest BCUT2D eigenvalue weighted by Gasteiger charge is -2.11. The molecule has 3 rings (SSSR count). The number of nitrogens with one attached hydrogen (secondary N) is 1. The quantitative estimate of drug-likeness (QED) is 0.626. The number of nitrogens with zero attached hydrogens (tertiary/aromatic N) is 1. The fraction of sp³-hybridized carbons (Fsp3) is 0.190. The van der Waals surface area contributed by atoms with Crippen LogP contribution in [0.5, 0.6) is 5.75 Å². The van der Waals surface area contributed by atoms with Gasteiger partial charge in [0.2, 0.25) is 0 Å². The van der Waals surface area contributed by atoms with E-state index in [1.807, 2.05) is 37.3 Å². The van der Waals surface area contributed by atoms with Gasteiger partial charge < -0.3 is 19.3 Å². The Morgan fingerprint density at radius 3 is 2.54 bits per heavy atom. The van der Waals surface area contributed by atoms with Gasteiger partial charge in [-0.1, -0.05) is 47.6 Å². The molecular weight excluding hydrogens is 360 g/mol. The van der Waals surface area contributed by atoms with E-state index in [2.05, 4.69) is 10.5 Å². The van der Waals surface area contributed by atoms with E-state index in [1.54, 1.807) is 31.2 Å². The van der Waals surface area contributed by atoms with E-state index in [4.69, 9.17) is 14.0 Å². The number of amides is 1. The summed E-state index contributed by atoms with van der Waals surface area (Å²) >= 11 is 0. The summed E-state index contributed by atoms with van der Waals surface area (Å²) in [6, 6.07) is 16.2. The number of hydrogen-bond donors (Lipinski definition) is 1. The second kappa shape index (κ2) is 8.85. The molecule has 1 amide bonds. The van der Waals surface area contributed by atoms with Gasteiger partial charge in [0.05, 0.1) is 12.3 Å². The van der Waals surface area contributed by atoms with Gasteiger partial charge in [-0.25, -0.2) is 4.79 Å². The van der Waals surface area contributed by atoms with Crippen LogP contribution in [-0.4, -0.2) is 30.2 Å². The van der Waals surface area contributed by atoms with Crippen LogP contribution in [0.1, 0.15) is 23.0 Å². The molecule has 0 saturated heterocycles. The maximum Gasteiger partial charge on any atom is 0.344 e. The van der Waals surface area contributed by atoms with E-state index < -0.39 is 18.5 Å². The van der Waals surface area contributed by atoms with Crippen LogP contribution in [0.25, 0.3) is 11.3 Å². The third kappa shape index (κ3) is 4.37. The molecule has 0 spiro atoms. The Labute approximate surface area is 162 Å². The minimum absolute atomic E-state index is 0.203. The van der Waals surface area contributed by atoms with Crippen molar-refractivity contribution >= 4 is 17.6 Å². The molecule has 144 valence electrons. The van der Waals surface area contributed by atoms with Crippen molar-refractivity contribution in [3.05, 3.63) is 65.9 Å². The summed E-state index contributed by atoms with van der Waals surface area (Å²) in [5, 5.41) is 6.62. The number of rotatable bonds is 7. The first-order chi connectivity index (χ1) is 13.6. The highest BCUT2D eigenvalue weighted by Gasteiger charge is 2.23. The zero-order valence-electron chi connectivity index (χ0n) is 15.6. The first-order valence-corrected chi connectivity index (χ1v) is 8.80. The number of ether oxygens (including phenoxy) is 2. The molecule has 7 heteroatoms. The Bertz CT molecular complexity index is 966. The highest BCUT2D eigenvalue weighted by Crippen LogP contribution is 2.26. The molecular formula is C21H20N2O5. The van der Waals surface area contributed by atoms with Crippen LogP contribution < -0.4 is 10.1 Å². The molecule has 0 aliphatic heterocycles. The SMILES string of the molecule is CCOc1ccccc1NC(=O)COC(=O)c1c(-c2ccccc2)noc1C. The van der Waals surface area contributed by atoms with Crippen molar-refractivity contribution in [3.8, 4) is 17.0 Å². The predicted molar refractivity (Wildman–Crippen MR) is 103 cm³/mol. The fourth-order valence-corrected chi connectivity index (χ4v) is 2.65. The summed E-state index contributed by atoms with van der Waals surface area (Å²) in [6.45, 7) is 3.50. The number of carbonyl (C=O) groups excluding carboxylic acids is 2. The lowest BCUT2D eigenvalue weighted by molar-refractivity contribution is -0.119. The van der Waals surface area contributed by atoms with E-state index in [-0.39, 0.29) is 5.56 Å². The topological polar surface area (TPSA) is 90.7 Å². The number of aryl methyl sites for hydroxylation is 1. The van der Waals surface area contributed by atoms with Gasteiger partial charge in [-0.2, -0.15) is 0 Å². The normalized spacial score (nSPS) is 10.4. The molecule has 0 aliphatic carbocycles. The summed E-state index contributed by atoms with van der Waals surface area (Å²) in [5.41, 5.74) is 1.82. The molecule has 3 aromatic rings. The number of benzene rings is 2. The zero-order valence-corrected chi connectivity index (χ0v) is 15.6. The van der Waals surface area contributed by atoms with Crippen LogP contribution in [0, 0.1) is 6.92 Å². The molecule has 1 aromatic heterocycles. The van der Waals surface area contributed by atoms with Crippen LogP contribution >= 0.6 is 0 Å². The number of hydrogen-bond acceptors (Lipinski definition) is 6. The average molecular weight is 380 g/mol. The molecule has 2 aromatic carbocycles. The number of carbonyl (C=O) groups is 2. The first kappa shape index (κ1) is 19.2. The third-order valence-corrected chi connectivity index (χ3v) is 3.91. The Morgan fingerprint density at radius 2 is 1.79 bits per heavy atom. The molecule has 7 nitrogen and oxygen atoms in total. The molecule has 0 radical (unpaired) electrons. The standard InChI is InChI=1S/C21H20N2O5/c1-3-26-17-12-8-7-11-16(17)22-18(24)13-27-21(25)19-14(2)28-23-20(19)15-9-5-4-6-10-15/h4-12H,3,13H2,1-2H3,(H,22,24). The van der Waals surface area contributed by atoms with Gasteiger partial charge in [0, 0.05) is 5.56 Å². The van der Waals surface area contributed by atoms with Crippen molar-refractivity contribution < 1.29 is 23.6 Å². The molecule has 1 heterocycles. The van der Waals surface area contributed by atoms with E-state index >= 15 is 0 Å². The van der Waals surface area contributed by atoms with Gasteiger partial charge in [-0.05, 0) is 26.0 Å². The van der Waals surface area contributed by atoms with E-state index in [0.717, 1.165) is 5.56 Å². The van der Waals surface area contributed by atoms with E-state index in [0.29, 0.717) is 29.5 Å². The second-order valence-electron chi connectivity index (χ2n) is 5.88. The summed E-state index contributed by atoms with van der Waals surface area (Å²) in [7, 11) is 0. The summed E-state index contributed by atoms with van der Waals surface area (Å²) in [4.78, 5) is 24.7. The Balaban J connectivity index is 1.67. The molecule has 28 heavy (non-hydrogen) atoms. The van der Waals surface area contributed by atoms with Crippen molar-refractivity contribution in [3.63, 3.8) is 0 Å². The number of anilines is 1. The smallest absolute Gasteiger partial charge is 0.344 e. The van der Waals surface area contributed by atoms with E-state index in [9.17, 15) is 9.59 Å². The molecule has 0 fully saturated rings. The maximum atomic E-state index is 12.5. The van der Waals surface area contributed by atoms with Crippen molar-refractivity contribution in [1.29, 1.82) is 0 Å². The summed E-state index contributed by atoms with van der Waals surface area (Å²) < 4.78 is 15.8. The van der Waals surface area contributed by atoms with E-state index in [1.165, 1.54) is 0 Å². The highest BCUT2D eigenvalue weighted by atomic mass is 16.5. The molecule has 0 unspecified atom stereocenters. The molecule has 0 bridgehead atoms. The fourth-order valence-electron chi connectivity index (χ4n) is 2.65. The maximum absolute atomic E-state index is 12.5. The van der Waals surface area contributed by atoms with Crippen LogP contribution in [-0.2, 0) is 9.53 Å². The largest absolute Gasteiger partial charge is 0.492 e. The number of para-hydroxylation sites is 2. The Kier molecular flexibility index (Phi) is 6.06. The third-order valence-electron chi connectivity index (χ3n) is 3.91. The molecule has 0 saturated carbocycles. The van der Waals surface area contributed by atoms with Crippen LogP contribution in [0.2, 0.25) is 0 Å².